The lowest BCUT2D eigenvalue weighted by Gasteiger charge is -2.15. The zero-order valence-electron chi connectivity index (χ0n) is 10.3. The number of carbonyl (C=O) groups excluding carboxylic acids is 1. The van der Waals surface area contributed by atoms with Crippen LogP contribution in [0.3, 0.4) is 0 Å². The first-order valence-corrected chi connectivity index (χ1v) is 5.62. The van der Waals surface area contributed by atoms with Gasteiger partial charge in [-0.15, -0.1) is 0 Å². The molecule has 0 heterocycles. The quantitative estimate of drug-likeness (QED) is 0.184. The summed E-state index contributed by atoms with van der Waals surface area (Å²) in [7, 11) is 0. The first-order valence-electron chi connectivity index (χ1n) is 5.62. The largest absolute Gasteiger partial charge is 0.479 e. The molecule has 0 saturated carbocycles. The average Bonchev–Trinajstić information content (AvgIpc) is 2.30. The van der Waals surface area contributed by atoms with E-state index in [1.54, 1.807) is 6.92 Å². The Labute approximate surface area is 105 Å². The Kier molecular flexibility index (Phi) is 7.45. The molecule has 104 valence electrons. The van der Waals surface area contributed by atoms with E-state index in [1.165, 1.54) is 0 Å². The van der Waals surface area contributed by atoms with E-state index in [0.29, 0.717) is 19.4 Å². The van der Waals surface area contributed by atoms with Gasteiger partial charge in [0, 0.05) is 6.54 Å². The summed E-state index contributed by atoms with van der Waals surface area (Å²) in [6.45, 7) is 1.97. The van der Waals surface area contributed by atoms with Crippen molar-refractivity contribution < 1.29 is 19.4 Å². The summed E-state index contributed by atoms with van der Waals surface area (Å²) in [6.07, 6.45) is -0.118. The van der Waals surface area contributed by atoms with Crippen LogP contribution in [-0.2, 0) is 14.3 Å². The third kappa shape index (κ3) is 6.69. The van der Waals surface area contributed by atoms with Crippen molar-refractivity contribution in [1.82, 2.24) is 0 Å². The summed E-state index contributed by atoms with van der Waals surface area (Å²) in [5.74, 6) is -1.93. The Morgan fingerprint density at radius 3 is 2.44 bits per heavy atom. The predicted molar refractivity (Wildman–Crippen MR) is 65.7 cm³/mol. The van der Waals surface area contributed by atoms with Crippen LogP contribution in [0.4, 0.5) is 0 Å². The van der Waals surface area contributed by atoms with Gasteiger partial charge in [-0.1, -0.05) is 6.92 Å². The Bertz CT molecular complexity index is 315. The molecule has 0 bridgehead atoms. The average molecular weight is 260 g/mol. The van der Waals surface area contributed by atoms with Crippen molar-refractivity contribution in [2.45, 2.75) is 38.3 Å². The van der Waals surface area contributed by atoms with Gasteiger partial charge in [0.2, 0.25) is 0 Å². The molecule has 0 aromatic carbocycles. The molecule has 2 unspecified atom stereocenters. The Balaban J connectivity index is 4.03. The van der Waals surface area contributed by atoms with E-state index in [1.807, 2.05) is 0 Å². The van der Waals surface area contributed by atoms with Gasteiger partial charge >= 0.3 is 11.9 Å². The third-order valence-corrected chi connectivity index (χ3v) is 2.18. The number of ether oxygens (including phenoxy) is 1. The van der Waals surface area contributed by atoms with Crippen molar-refractivity contribution in [3.8, 4) is 0 Å². The van der Waals surface area contributed by atoms with E-state index < -0.39 is 24.1 Å². The van der Waals surface area contributed by atoms with Crippen molar-refractivity contribution in [2.75, 3.05) is 6.54 Å². The number of carbonyl (C=O) groups is 2. The molecule has 7 N–H and O–H groups in total. The molecule has 0 fully saturated rings. The molecule has 0 spiro atoms. The van der Waals surface area contributed by atoms with Crippen molar-refractivity contribution in [2.24, 2.45) is 22.2 Å². The molecule has 0 radical (unpaired) electrons. The zero-order valence-corrected chi connectivity index (χ0v) is 10.3. The second-order valence-corrected chi connectivity index (χ2v) is 3.73. The minimum atomic E-state index is -1.18. The molecule has 0 aliphatic carbocycles. The summed E-state index contributed by atoms with van der Waals surface area (Å²) < 4.78 is 4.75. The van der Waals surface area contributed by atoms with Gasteiger partial charge in [0.1, 0.15) is 6.04 Å². The molecule has 8 heteroatoms. The van der Waals surface area contributed by atoms with Crippen LogP contribution in [0.15, 0.2) is 4.99 Å². The number of carboxylic acid groups (broad SMARTS) is 1. The monoisotopic (exact) mass is 260 g/mol. The summed E-state index contributed by atoms with van der Waals surface area (Å²) in [6, 6.07) is -0.868. The van der Waals surface area contributed by atoms with Crippen LogP contribution in [0.1, 0.15) is 26.2 Å². The molecule has 0 rings (SSSR count). The summed E-state index contributed by atoms with van der Waals surface area (Å²) in [4.78, 5) is 25.8. The fourth-order valence-electron chi connectivity index (χ4n) is 1.17. The maximum atomic E-state index is 11.4. The van der Waals surface area contributed by atoms with Gasteiger partial charge in [0.15, 0.2) is 12.1 Å². The number of aliphatic imine (C=N–C) groups is 1. The van der Waals surface area contributed by atoms with Crippen LogP contribution in [0.2, 0.25) is 0 Å². The number of hydrogen-bond donors (Lipinski definition) is 4. The molecule has 8 nitrogen and oxygen atoms in total. The van der Waals surface area contributed by atoms with E-state index >= 15 is 0 Å². The molecule has 0 aromatic rings. The minimum Gasteiger partial charge on any atom is -0.479 e. The SMILES string of the molecule is CCC(OC(=O)C(N)CCCN=C(N)N)C(=O)O. The molecular formula is C10H20N4O4. The van der Waals surface area contributed by atoms with Crippen molar-refractivity contribution in [3.63, 3.8) is 0 Å². The summed E-state index contributed by atoms with van der Waals surface area (Å²) in [5, 5.41) is 8.72. The maximum Gasteiger partial charge on any atom is 0.345 e. The van der Waals surface area contributed by atoms with Crippen LogP contribution in [-0.4, -0.2) is 41.7 Å². The number of guanidine groups is 1. The normalized spacial score (nSPS) is 13.4. The first kappa shape index (κ1) is 16.2. The fraction of sp³-hybridized carbons (Fsp3) is 0.700. The predicted octanol–water partition coefficient (Wildman–Crippen LogP) is -1.23. The fourth-order valence-corrected chi connectivity index (χ4v) is 1.17. The van der Waals surface area contributed by atoms with Gasteiger partial charge < -0.3 is 27.0 Å². The Hall–Kier alpha value is -1.83. The van der Waals surface area contributed by atoms with E-state index in [9.17, 15) is 9.59 Å². The standard InChI is InChI=1S/C10H20N4O4/c1-2-7(8(15)16)18-9(17)6(11)4-3-5-14-10(12)13/h6-7H,2-5,11H2,1H3,(H,15,16)(H4,12,13,14). The Morgan fingerprint density at radius 2 is 2.00 bits per heavy atom. The molecule has 0 aliphatic heterocycles. The van der Waals surface area contributed by atoms with E-state index in [-0.39, 0.29) is 12.4 Å². The van der Waals surface area contributed by atoms with Gasteiger partial charge in [-0.05, 0) is 19.3 Å². The number of nitrogens with zero attached hydrogens (tertiary/aromatic N) is 1. The molecule has 0 saturated heterocycles. The summed E-state index contributed by atoms with van der Waals surface area (Å²) in [5.41, 5.74) is 15.8. The highest BCUT2D eigenvalue weighted by Gasteiger charge is 2.23. The van der Waals surface area contributed by atoms with E-state index in [2.05, 4.69) is 4.99 Å². The molecular weight excluding hydrogens is 240 g/mol. The number of rotatable bonds is 8. The van der Waals surface area contributed by atoms with Crippen LogP contribution < -0.4 is 17.2 Å². The van der Waals surface area contributed by atoms with Gasteiger partial charge in [-0.25, -0.2) is 4.79 Å². The third-order valence-electron chi connectivity index (χ3n) is 2.18. The Morgan fingerprint density at radius 1 is 1.39 bits per heavy atom. The molecule has 18 heavy (non-hydrogen) atoms. The zero-order chi connectivity index (χ0) is 14.1. The van der Waals surface area contributed by atoms with Gasteiger partial charge in [-0.3, -0.25) is 9.79 Å². The van der Waals surface area contributed by atoms with Crippen LogP contribution >= 0.6 is 0 Å². The minimum absolute atomic E-state index is 0.0249. The topological polar surface area (TPSA) is 154 Å². The van der Waals surface area contributed by atoms with Gasteiger partial charge in [-0.2, -0.15) is 0 Å². The number of carboxylic acids is 1. The van der Waals surface area contributed by atoms with E-state index in [4.69, 9.17) is 27.0 Å². The second kappa shape index (κ2) is 8.29. The lowest BCUT2D eigenvalue weighted by Crippen LogP contribution is -2.37. The van der Waals surface area contributed by atoms with Crippen molar-refractivity contribution >= 4 is 17.9 Å². The smallest absolute Gasteiger partial charge is 0.345 e. The van der Waals surface area contributed by atoms with Crippen LogP contribution in [0, 0.1) is 0 Å². The molecule has 0 aliphatic rings. The van der Waals surface area contributed by atoms with Crippen molar-refractivity contribution in [1.29, 1.82) is 0 Å². The van der Waals surface area contributed by atoms with Crippen molar-refractivity contribution in [3.05, 3.63) is 0 Å². The number of nitrogens with two attached hydrogens (primary N) is 3. The van der Waals surface area contributed by atoms with E-state index in [0.717, 1.165) is 0 Å². The number of hydrogen-bond acceptors (Lipinski definition) is 5. The highest BCUT2D eigenvalue weighted by atomic mass is 16.6. The highest BCUT2D eigenvalue weighted by Crippen LogP contribution is 2.03. The van der Waals surface area contributed by atoms with Crippen LogP contribution in [0.25, 0.3) is 0 Å². The lowest BCUT2D eigenvalue weighted by atomic mass is 10.1. The maximum absolute atomic E-state index is 11.4. The lowest BCUT2D eigenvalue weighted by molar-refractivity contribution is -0.165. The second-order valence-electron chi connectivity index (χ2n) is 3.73. The van der Waals surface area contributed by atoms with Gasteiger partial charge in [0.05, 0.1) is 0 Å². The number of aliphatic carboxylic acids is 1. The number of esters is 1. The molecule has 0 aromatic heterocycles. The first-order chi connectivity index (χ1) is 8.38. The van der Waals surface area contributed by atoms with Crippen LogP contribution in [0.5, 0.6) is 0 Å². The van der Waals surface area contributed by atoms with Gasteiger partial charge in [0.25, 0.3) is 0 Å². The summed E-state index contributed by atoms with van der Waals surface area (Å²) >= 11 is 0. The highest BCUT2D eigenvalue weighted by molar-refractivity contribution is 5.80. The molecule has 0 amide bonds. The molecule has 2 atom stereocenters.